The van der Waals surface area contributed by atoms with Crippen LogP contribution in [0.3, 0.4) is 0 Å². The first-order chi connectivity index (χ1) is 9.06. The third-order valence-corrected chi connectivity index (χ3v) is 2.51. The van der Waals surface area contributed by atoms with Crippen LogP contribution in [0.2, 0.25) is 0 Å². The van der Waals surface area contributed by atoms with Crippen molar-refractivity contribution in [3.63, 3.8) is 0 Å². The van der Waals surface area contributed by atoms with E-state index in [2.05, 4.69) is 10.3 Å². The van der Waals surface area contributed by atoms with Crippen molar-refractivity contribution in [1.29, 1.82) is 0 Å². The molecule has 0 spiro atoms. The van der Waals surface area contributed by atoms with Crippen LogP contribution in [0.4, 0.5) is 0 Å². The van der Waals surface area contributed by atoms with Crippen LogP contribution in [0.15, 0.2) is 30.5 Å². The Morgan fingerprint density at radius 1 is 1.16 bits per heavy atom. The molecular formula is C12H11N3O4. The number of aryl methyl sites for hydroxylation is 1. The molecular weight excluding hydrogens is 250 g/mol. The van der Waals surface area contributed by atoms with Crippen molar-refractivity contribution in [3.8, 4) is 5.69 Å². The van der Waals surface area contributed by atoms with Gasteiger partial charge in [-0.3, -0.25) is 4.79 Å². The Morgan fingerprint density at radius 2 is 1.84 bits per heavy atom. The van der Waals surface area contributed by atoms with Crippen molar-refractivity contribution in [2.75, 3.05) is 0 Å². The zero-order valence-electron chi connectivity index (χ0n) is 9.85. The first kappa shape index (κ1) is 12.7. The van der Waals surface area contributed by atoms with E-state index in [0.717, 1.165) is 0 Å². The summed E-state index contributed by atoms with van der Waals surface area (Å²) >= 11 is 0. The summed E-state index contributed by atoms with van der Waals surface area (Å²) in [6.45, 7) is 0. The molecule has 1 heterocycles. The molecule has 0 bridgehead atoms. The summed E-state index contributed by atoms with van der Waals surface area (Å²) in [5.74, 6) is -1.88. The number of rotatable bonds is 5. The lowest BCUT2D eigenvalue weighted by molar-refractivity contribution is -0.136. The van der Waals surface area contributed by atoms with Crippen LogP contribution < -0.4 is 0 Å². The highest BCUT2D eigenvalue weighted by atomic mass is 16.4. The number of benzene rings is 1. The Bertz CT molecular complexity index is 604. The molecule has 7 heteroatoms. The smallest absolute Gasteiger partial charge is 0.335 e. The Labute approximate surface area is 108 Å². The first-order valence-corrected chi connectivity index (χ1v) is 5.53. The van der Waals surface area contributed by atoms with Gasteiger partial charge in [-0.2, -0.15) is 0 Å². The van der Waals surface area contributed by atoms with E-state index in [4.69, 9.17) is 10.2 Å². The van der Waals surface area contributed by atoms with Crippen LogP contribution >= 0.6 is 0 Å². The normalized spacial score (nSPS) is 10.3. The van der Waals surface area contributed by atoms with E-state index in [1.165, 1.54) is 16.8 Å². The van der Waals surface area contributed by atoms with Gasteiger partial charge in [0.2, 0.25) is 0 Å². The number of aromatic carboxylic acids is 1. The third kappa shape index (κ3) is 3.15. The van der Waals surface area contributed by atoms with Gasteiger partial charge >= 0.3 is 11.9 Å². The second-order valence-electron chi connectivity index (χ2n) is 3.90. The fourth-order valence-electron chi connectivity index (χ4n) is 1.53. The predicted octanol–water partition coefficient (Wildman–Crippen LogP) is 0.983. The minimum atomic E-state index is -0.993. The van der Waals surface area contributed by atoms with E-state index in [1.54, 1.807) is 18.3 Å². The topological polar surface area (TPSA) is 105 Å². The Hall–Kier alpha value is -2.70. The molecule has 0 unspecified atom stereocenters. The zero-order valence-corrected chi connectivity index (χ0v) is 9.85. The summed E-state index contributed by atoms with van der Waals surface area (Å²) < 4.78 is 1.48. The lowest BCUT2D eigenvalue weighted by Crippen LogP contribution is -1.99. The number of hydrogen-bond donors (Lipinski definition) is 2. The molecule has 2 rings (SSSR count). The SMILES string of the molecule is O=C(O)CCc1cn(-c2ccc(C(=O)O)cc2)nn1. The zero-order chi connectivity index (χ0) is 13.8. The highest BCUT2D eigenvalue weighted by Gasteiger charge is 2.06. The van der Waals surface area contributed by atoms with Gasteiger partial charge in [0.15, 0.2) is 0 Å². The second kappa shape index (κ2) is 5.30. The Kier molecular flexibility index (Phi) is 3.56. The molecule has 0 fully saturated rings. The van der Waals surface area contributed by atoms with Gasteiger partial charge < -0.3 is 10.2 Å². The highest BCUT2D eigenvalue weighted by molar-refractivity contribution is 5.87. The van der Waals surface area contributed by atoms with Gasteiger partial charge in [-0.25, -0.2) is 9.48 Å². The maximum absolute atomic E-state index is 10.7. The number of aliphatic carboxylic acids is 1. The van der Waals surface area contributed by atoms with Crippen molar-refractivity contribution >= 4 is 11.9 Å². The van der Waals surface area contributed by atoms with Crippen LogP contribution in [-0.4, -0.2) is 37.1 Å². The van der Waals surface area contributed by atoms with Crippen molar-refractivity contribution in [2.24, 2.45) is 0 Å². The first-order valence-electron chi connectivity index (χ1n) is 5.53. The molecule has 0 aliphatic heterocycles. The molecule has 0 saturated heterocycles. The van der Waals surface area contributed by atoms with E-state index in [-0.39, 0.29) is 12.0 Å². The Balaban J connectivity index is 2.13. The van der Waals surface area contributed by atoms with Gasteiger partial charge in [-0.1, -0.05) is 5.21 Å². The van der Waals surface area contributed by atoms with Crippen molar-refractivity contribution < 1.29 is 19.8 Å². The standard InChI is InChI=1S/C12H11N3O4/c16-11(17)6-3-9-7-15(14-13-9)10-4-1-8(2-5-10)12(18)19/h1-2,4-5,7H,3,6H2,(H,16,17)(H,18,19). The number of carboxylic acid groups (broad SMARTS) is 2. The van der Waals surface area contributed by atoms with Crippen LogP contribution in [-0.2, 0) is 11.2 Å². The molecule has 0 atom stereocenters. The van der Waals surface area contributed by atoms with Gasteiger partial charge in [-0.05, 0) is 24.3 Å². The maximum atomic E-state index is 10.7. The monoisotopic (exact) mass is 261 g/mol. The van der Waals surface area contributed by atoms with Gasteiger partial charge in [0, 0.05) is 6.42 Å². The average molecular weight is 261 g/mol. The third-order valence-electron chi connectivity index (χ3n) is 2.51. The lowest BCUT2D eigenvalue weighted by atomic mass is 10.2. The fraction of sp³-hybridized carbons (Fsp3) is 0.167. The van der Waals surface area contributed by atoms with E-state index >= 15 is 0 Å². The molecule has 19 heavy (non-hydrogen) atoms. The highest BCUT2D eigenvalue weighted by Crippen LogP contribution is 2.10. The summed E-state index contributed by atoms with van der Waals surface area (Å²) in [5, 5.41) is 25.1. The fourth-order valence-corrected chi connectivity index (χ4v) is 1.53. The molecule has 98 valence electrons. The lowest BCUT2D eigenvalue weighted by Gasteiger charge is -2.00. The molecule has 0 aliphatic rings. The van der Waals surface area contributed by atoms with Gasteiger partial charge in [0.05, 0.1) is 29.6 Å². The van der Waals surface area contributed by atoms with E-state index in [0.29, 0.717) is 17.8 Å². The van der Waals surface area contributed by atoms with Crippen LogP contribution in [0.25, 0.3) is 5.69 Å². The summed E-state index contributed by atoms with van der Waals surface area (Å²) in [4.78, 5) is 21.2. The minimum Gasteiger partial charge on any atom is -0.481 e. The molecule has 7 nitrogen and oxygen atoms in total. The van der Waals surface area contributed by atoms with Crippen LogP contribution in [0.1, 0.15) is 22.5 Å². The number of nitrogens with zero attached hydrogens (tertiary/aromatic N) is 3. The molecule has 2 aromatic rings. The average Bonchev–Trinajstić information content (AvgIpc) is 2.85. The summed E-state index contributed by atoms with van der Waals surface area (Å²) in [7, 11) is 0. The van der Waals surface area contributed by atoms with Crippen molar-refractivity contribution in [3.05, 3.63) is 41.7 Å². The maximum Gasteiger partial charge on any atom is 0.335 e. The number of carboxylic acids is 2. The molecule has 1 aromatic carbocycles. The van der Waals surface area contributed by atoms with Crippen molar-refractivity contribution in [1.82, 2.24) is 15.0 Å². The summed E-state index contributed by atoms with van der Waals surface area (Å²) in [6.07, 6.45) is 1.93. The van der Waals surface area contributed by atoms with E-state index < -0.39 is 11.9 Å². The molecule has 1 aromatic heterocycles. The molecule has 0 amide bonds. The van der Waals surface area contributed by atoms with Crippen LogP contribution in [0.5, 0.6) is 0 Å². The molecule has 0 saturated carbocycles. The minimum absolute atomic E-state index is 0.00333. The van der Waals surface area contributed by atoms with E-state index in [9.17, 15) is 9.59 Å². The number of carbonyl (C=O) groups is 2. The van der Waals surface area contributed by atoms with Crippen LogP contribution in [0, 0.1) is 0 Å². The summed E-state index contributed by atoms with van der Waals surface area (Å²) in [6, 6.07) is 6.16. The van der Waals surface area contributed by atoms with Gasteiger partial charge in [-0.15, -0.1) is 5.10 Å². The Morgan fingerprint density at radius 3 is 2.42 bits per heavy atom. The van der Waals surface area contributed by atoms with Crippen molar-refractivity contribution in [2.45, 2.75) is 12.8 Å². The van der Waals surface area contributed by atoms with E-state index in [1.807, 2.05) is 0 Å². The number of hydrogen-bond acceptors (Lipinski definition) is 4. The predicted molar refractivity (Wildman–Crippen MR) is 64.3 cm³/mol. The molecule has 2 N–H and O–H groups in total. The van der Waals surface area contributed by atoms with Gasteiger partial charge in [0.1, 0.15) is 0 Å². The second-order valence-corrected chi connectivity index (χ2v) is 3.90. The quantitative estimate of drug-likeness (QED) is 0.831. The number of aromatic nitrogens is 3. The largest absolute Gasteiger partial charge is 0.481 e. The molecule has 0 aliphatic carbocycles. The van der Waals surface area contributed by atoms with Gasteiger partial charge in [0.25, 0.3) is 0 Å². The molecule has 0 radical (unpaired) electrons. The summed E-state index contributed by atoms with van der Waals surface area (Å²) in [5.41, 5.74) is 1.43.